The Kier molecular flexibility index (Phi) is 4.74. The number of phenols is 1. The summed E-state index contributed by atoms with van der Waals surface area (Å²) in [6.07, 6.45) is 3.93. The van der Waals surface area contributed by atoms with E-state index in [1.54, 1.807) is 16.8 Å². The van der Waals surface area contributed by atoms with Crippen LogP contribution < -0.4 is 0 Å². The van der Waals surface area contributed by atoms with Crippen LogP contribution >= 0.6 is 0 Å². The van der Waals surface area contributed by atoms with Gasteiger partial charge < -0.3 is 14.9 Å². The van der Waals surface area contributed by atoms with Gasteiger partial charge in [-0.15, -0.1) is 0 Å². The molecule has 0 spiro atoms. The maximum Gasteiger partial charge on any atom is 0.141 e. The number of hydrogen-bond acceptors (Lipinski definition) is 5. The average Bonchev–Trinajstić information content (AvgIpc) is 3.04. The molecule has 25 heavy (non-hydrogen) atoms. The van der Waals surface area contributed by atoms with E-state index >= 15 is 0 Å². The number of hydrogen-bond donors (Lipinski definition) is 2. The van der Waals surface area contributed by atoms with E-state index in [9.17, 15) is 10.2 Å². The number of nitrogens with zero attached hydrogens (tertiary/aromatic N) is 3. The molecule has 6 nitrogen and oxygen atoms in total. The Hall–Kier alpha value is -1.89. The SMILES string of the molecule is Oc1ccccc1-n1ncc2c1CC(O)CC2CCN1CCOCC1. The summed E-state index contributed by atoms with van der Waals surface area (Å²) < 4.78 is 7.20. The first-order valence-corrected chi connectivity index (χ1v) is 9.05. The van der Waals surface area contributed by atoms with Gasteiger partial charge in [-0.3, -0.25) is 4.90 Å². The average molecular weight is 343 g/mol. The highest BCUT2D eigenvalue weighted by molar-refractivity contribution is 5.47. The highest BCUT2D eigenvalue weighted by Gasteiger charge is 2.30. The fraction of sp³-hybridized carbons (Fsp3) is 0.526. The number of aromatic hydroxyl groups is 1. The molecule has 0 bridgehead atoms. The molecular weight excluding hydrogens is 318 g/mol. The van der Waals surface area contributed by atoms with E-state index in [4.69, 9.17) is 4.74 Å². The normalized spacial score (nSPS) is 24.2. The van der Waals surface area contributed by atoms with E-state index in [1.807, 2.05) is 18.3 Å². The van der Waals surface area contributed by atoms with E-state index < -0.39 is 0 Å². The first kappa shape index (κ1) is 16.6. The molecule has 1 aliphatic heterocycles. The third kappa shape index (κ3) is 3.42. The summed E-state index contributed by atoms with van der Waals surface area (Å²) >= 11 is 0. The van der Waals surface area contributed by atoms with Gasteiger partial charge in [0.05, 0.1) is 31.2 Å². The molecular formula is C19H25N3O3. The molecule has 2 atom stereocenters. The van der Waals surface area contributed by atoms with Crippen LogP contribution in [0.25, 0.3) is 5.69 Å². The predicted molar refractivity (Wildman–Crippen MR) is 94.2 cm³/mol. The van der Waals surface area contributed by atoms with E-state index in [1.165, 1.54) is 5.56 Å². The molecule has 1 fully saturated rings. The highest BCUT2D eigenvalue weighted by atomic mass is 16.5. The summed E-state index contributed by atoms with van der Waals surface area (Å²) in [5.41, 5.74) is 2.90. The molecule has 1 aromatic heterocycles. The third-order valence-electron chi connectivity index (χ3n) is 5.33. The molecule has 2 aliphatic rings. The van der Waals surface area contributed by atoms with Crippen molar-refractivity contribution in [1.29, 1.82) is 0 Å². The second-order valence-corrected chi connectivity index (χ2v) is 6.98. The molecule has 134 valence electrons. The van der Waals surface area contributed by atoms with Crippen molar-refractivity contribution in [2.75, 3.05) is 32.8 Å². The van der Waals surface area contributed by atoms with Crippen LogP contribution in [0.1, 0.15) is 30.0 Å². The van der Waals surface area contributed by atoms with Crippen LogP contribution in [-0.2, 0) is 11.2 Å². The maximum atomic E-state index is 10.4. The standard InChI is InChI=1S/C19H25N3O3/c23-15-11-14(5-6-21-7-9-25-10-8-21)16-13-20-22(18(16)12-15)17-3-1-2-4-19(17)24/h1-4,13-15,23-24H,5-12H2. The first-order valence-electron chi connectivity index (χ1n) is 9.05. The van der Waals surface area contributed by atoms with Crippen LogP contribution in [0.2, 0.25) is 0 Å². The number of aliphatic hydroxyl groups excluding tert-OH is 1. The quantitative estimate of drug-likeness (QED) is 0.884. The summed E-state index contributed by atoms with van der Waals surface area (Å²) in [6.45, 7) is 4.61. The van der Waals surface area contributed by atoms with Gasteiger partial charge in [-0.25, -0.2) is 4.68 Å². The molecule has 0 saturated carbocycles. The van der Waals surface area contributed by atoms with Crippen molar-refractivity contribution in [2.24, 2.45) is 0 Å². The molecule has 2 heterocycles. The van der Waals surface area contributed by atoms with Gasteiger partial charge in [0.25, 0.3) is 0 Å². The van der Waals surface area contributed by atoms with E-state index in [-0.39, 0.29) is 11.9 Å². The van der Waals surface area contributed by atoms with Crippen molar-refractivity contribution in [3.8, 4) is 11.4 Å². The summed E-state index contributed by atoms with van der Waals surface area (Å²) in [7, 11) is 0. The number of fused-ring (bicyclic) bond motifs is 1. The molecule has 1 saturated heterocycles. The number of aliphatic hydroxyl groups is 1. The van der Waals surface area contributed by atoms with Gasteiger partial charge in [-0.1, -0.05) is 12.1 Å². The second kappa shape index (κ2) is 7.15. The number of benzene rings is 1. The van der Waals surface area contributed by atoms with Gasteiger partial charge in [-0.05, 0) is 43.0 Å². The topological polar surface area (TPSA) is 70.8 Å². The van der Waals surface area contributed by atoms with Gasteiger partial charge in [0, 0.05) is 19.5 Å². The Balaban J connectivity index is 1.56. The van der Waals surface area contributed by atoms with Crippen molar-refractivity contribution in [3.63, 3.8) is 0 Å². The number of rotatable bonds is 4. The monoisotopic (exact) mass is 343 g/mol. The van der Waals surface area contributed by atoms with Crippen LogP contribution in [0, 0.1) is 0 Å². The molecule has 2 unspecified atom stereocenters. The van der Waals surface area contributed by atoms with Gasteiger partial charge in [0.1, 0.15) is 11.4 Å². The van der Waals surface area contributed by atoms with Crippen LogP contribution in [0.15, 0.2) is 30.5 Å². The van der Waals surface area contributed by atoms with E-state index in [0.29, 0.717) is 18.0 Å². The predicted octanol–water partition coefficient (Wildman–Crippen LogP) is 1.69. The Morgan fingerprint density at radius 3 is 2.80 bits per heavy atom. The molecule has 6 heteroatoms. The van der Waals surface area contributed by atoms with Crippen molar-refractivity contribution in [3.05, 3.63) is 41.7 Å². The zero-order valence-electron chi connectivity index (χ0n) is 14.3. The van der Waals surface area contributed by atoms with Crippen molar-refractivity contribution < 1.29 is 14.9 Å². The van der Waals surface area contributed by atoms with Gasteiger partial charge in [0.2, 0.25) is 0 Å². The molecule has 0 amide bonds. The van der Waals surface area contributed by atoms with Gasteiger partial charge in [0.15, 0.2) is 0 Å². The zero-order chi connectivity index (χ0) is 17.2. The lowest BCUT2D eigenvalue weighted by atomic mass is 9.83. The highest BCUT2D eigenvalue weighted by Crippen LogP contribution is 2.36. The Bertz CT molecular complexity index is 724. The van der Waals surface area contributed by atoms with Crippen LogP contribution in [0.4, 0.5) is 0 Å². The summed E-state index contributed by atoms with van der Waals surface area (Å²) in [5.74, 6) is 0.513. The van der Waals surface area contributed by atoms with E-state index in [0.717, 1.165) is 51.4 Å². The number of aromatic nitrogens is 2. The van der Waals surface area contributed by atoms with Crippen LogP contribution in [0.3, 0.4) is 0 Å². The Labute approximate surface area is 147 Å². The number of para-hydroxylation sites is 2. The smallest absolute Gasteiger partial charge is 0.141 e. The van der Waals surface area contributed by atoms with Gasteiger partial charge in [-0.2, -0.15) is 5.10 Å². The van der Waals surface area contributed by atoms with Crippen molar-refractivity contribution >= 4 is 0 Å². The minimum absolute atomic E-state index is 0.207. The second-order valence-electron chi connectivity index (χ2n) is 6.98. The minimum Gasteiger partial charge on any atom is -0.506 e. The van der Waals surface area contributed by atoms with Crippen LogP contribution in [-0.4, -0.2) is 63.8 Å². The van der Waals surface area contributed by atoms with Crippen LogP contribution in [0.5, 0.6) is 5.75 Å². The number of phenolic OH excluding ortho intramolecular Hbond substituents is 1. The molecule has 2 N–H and O–H groups in total. The summed E-state index contributed by atoms with van der Waals surface area (Å²) in [5, 5.41) is 25.1. The molecule has 2 aromatic rings. The molecule has 0 radical (unpaired) electrons. The van der Waals surface area contributed by atoms with E-state index in [2.05, 4.69) is 10.00 Å². The fourth-order valence-electron chi connectivity index (χ4n) is 3.98. The first-order chi connectivity index (χ1) is 12.2. The largest absolute Gasteiger partial charge is 0.506 e. The van der Waals surface area contributed by atoms with Crippen molar-refractivity contribution in [2.45, 2.75) is 31.3 Å². The lowest BCUT2D eigenvalue weighted by molar-refractivity contribution is 0.0353. The molecule has 1 aliphatic carbocycles. The zero-order valence-corrected chi connectivity index (χ0v) is 14.3. The Morgan fingerprint density at radius 2 is 2.00 bits per heavy atom. The number of morpholine rings is 1. The Morgan fingerprint density at radius 1 is 1.20 bits per heavy atom. The lowest BCUT2D eigenvalue weighted by Crippen LogP contribution is -2.37. The van der Waals surface area contributed by atoms with Gasteiger partial charge >= 0.3 is 0 Å². The molecule has 4 rings (SSSR count). The molecule has 1 aromatic carbocycles. The fourth-order valence-corrected chi connectivity index (χ4v) is 3.98. The third-order valence-corrected chi connectivity index (χ3v) is 5.33. The van der Waals surface area contributed by atoms with Crippen molar-refractivity contribution in [1.82, 2.24) is 14.7 Å². The lowest BCUT2D eigenvalue weighted by Gasteiger charge is -2.31. The minimum atomic E-state index is -0.358. The summed E-state index contributed by atoms with van der Waals surface area (Å²) in [6, 6.07) is 7.21. The summed E-state index contributed by atoms with van der Waals surface area (Å²) in [4.78, 5) is 2.43. The number of ether oxygens (including phenoxy) is 1. The maximum absolute atomic E-state index is 10.4.